The number of carbonyl (C=O) groups excluding carboxylic acids is 1. The molecule has 1 atom stereocenters. The lowest BCUT2D eigenvalue weighted by atomic mass is 9.72. The Hall–Kier alpha value is -1.13. The van der Waals surface area contributed by atoms with Gasteiger partial charge in [-0.25, -0.2) is 0 Å². The highest BCUT2D eigenvalue weighted by Gasteiger charge is 2.37. The summed E-state index contributed by atoms with van der Waals surface area (Å²) < 4.78 is 0. The molecule has 1 rings (SSSR count). The van der Waals surface area contributed by atoms with Crippen molar-refractivity contribution in [1.82, 2.24) is 5.48 Å². The van der Waals surface area contributed by atoms with Crippen LogP contribution in [0.3, 0.4) is 0 Å². The highest BCUT2D eigenvalue weighted by atomic mass is 16.6. The SMILES string of the molecule is C=CCONC(CCC)=C1C(=O)CC(C)(C)CC1O. The zero-order valence-corrected chi connectivity index (χ0v) is 12.2. The summed E-state index contributed by atoms with van der Waals surface area (Å²) in [7, 11) is 0. The van der Waals surface area contributed by atoms with Crippen molar-refractivity contribution in [2.75, 3.05) is 6.61 Å². The Morgan fingerprint density at radius 3 is 2.84 bits per heavy atom. The number of nitrogens with one attached hydrogen (secondary N) is 1. The van der Waals surface area contributed by atoms with E-state index in [2.05, 4.69) is 12.1 Å². The van der Waals surface area contributed by atoms with E-state index in [1.807, 2.05) is 20.8 Å². The molecule has 0 radical (unpaired) electrons. The number of hydrogen-bond acceptors (Lipinski definition) is 4. The van der Waals surface area contributed by atoms with E-state index < -0.39 is 6.10 Å². The first-order valence-corrected chi connectivity index (χ1v) is 6.84. The third kappa shape index (κ3) is 4.48. The number of hydrogen-bond donors (Lipinski definition) is 2. The van der Waals surface area contributed by atoms with Crippen LogP contribution < -0.4 is 5.48 Å². The second-order valence-electron chi connectivity index (χ2n) is 5.83. The minimum Gasteiger partial charge on any atom is -0.388 e. The molecular weight excluding hydrogens is 242 g/mol. The zero-order valence-electron chi connectivity index (χ0n) is 12.2. The molecule has 0 saturated heterocycles. The molecule has 0 aliphatic heterocycles. The number of Topliss-reactive ketones (excluding diaryl/α,β-unsaturated/α-hetero) is 1. The second-order valence-corrected chi connectivity index (χ2v) is 5.83. The molecule has 1 aliphatic carbocycles. The van der Waals surface area contributed by atoms with Gasteiger partial charge in [0.15, 0.2) is 5.78 Å². The van der Waals surface area contributed by atoms with Crippen molar-refractivity contribution in [3.8, 4) is 0 Å². The number of hydroxylamine groups is 1. The molecule has 1 saturated carbocycles. The van der Waals surface area contributed by atoms with E-state index in [9.17, 15) is 9.90 Å². The topological polar surface area (TPSA) is 58.6 Å². The molecule has 1 aliphatic rings. The third-order valence-corrected chi connectivity index (χ3v) is 3.24. The minimum absolute atomic E-state index is 0.0157. The Morgan fingerprint density at radius 2 is 2.32 bits per heavy atom. The summed E-state index contributed by atoms with van der Waals surface area (Å²) in [6.07, 6.45) is 3.56. The van der Waals surface area contributed by atoms with Crippen LogP contribution in [0, 0.1) is 5.41 Å². The van der Waals surface area contributed by atoms with E-state index in [1.54, 1.807) is 6.08 Å². The maximum absolute atomic E-state index is 12.2. The van der Waals surface area contributed by atoms with Crippen molar-refractivity contribution < 1.29 is 14.7 Å². The third-order valence-electron chi connectivity index (χ3n) is 3.24. The average molecular weight is 267 g/mol. The predicted octanol–water partition coefficient (Wildman–Crippen LogP) is 2.50. The molecule has 19 heavy (non-hydrogen) atoms. The van der Waals surface area contributed by atoms with Crippen LogP contribution in [0.4, 0.5) is 0 Å². The van der Waals surface area contributed by atoms with Crippen molar-refractivity contribution >= 4 is 5.78 Å². The number of rotatable bonds is 6. The van der Waals surface area contributed by atoms with Gasteiger partial charge in [0.25, 0.3) is 0 Å². The van der Waals surface area contributed by atoms with Gasteiger partial charge in [-0.15, -0.1) is 6.58 Å². The Bertz CT molecular complexity index is 372. The molecule has 0 aromatic carbocycles. The standard InChI is InChI=1S/C15H25NO3/c1-5-7-11(16-19-8-6-2)14-12(17)9-15(3,4)10-13(14)18/h6,12,16-17H,2,5,7-10H2,1,3-4H3. The fourth-order valence-corrected chi connectivity index (χ4v) is 2.46. The van der Waals surface area contributed by atoms with Gasteiger partial charge < -0.3 is 5.11 Å². The van der Waals surface area contributed by atoms with Crippen LogP contribution >= 0.6 is 0 Å². The molecule has 108 valence electrons. The van der Waals surface area contributed by atoms with Crippen LogP contribution in [0.15, 0.2) is 23.9 Å². The molecule has 4 nitrogen and oxygen atoms in total. The second kappa shape index (κ2) is 6.87. The lowest BCUT2D eigenvalue weighted by Gasteiger charge is -2.34. The van der Waals surface area contributed by atoms with Crippen LogP contribution in [0.5, 0.6) is 0 Å². The van der Waals surface area contributed by atoms with E-state index in [1.165, 1.54) is 0 Å². The van der Waals surface area contributed by atoms with Crippen molar-refractivity contribution in [3.63, 3.8) is 0 Å². The monoisotopic (exact) mass is 267 g/mol. The summed E-state index contributed by atoms with van der Waals surface area (Å²) in [6.45, 7) is 9.96. The normalized spacial score (nSPS) is 25.1. The van der Waals surface area contributed by atoms with Crippen LogP contribution in [-0.4, -0.2) is 23.6 Å². The number of carbonyl (C=O) groups is 1. The molecule has 0 spiro atoms. The fraction of sp³-hybridized carbons (Fsp3) is 0.667. The fourth-order valence-electron chi connectivity index (χ4n) is 2.46. The average Bonchev–Trinajstić information content (AvgIpc) is 2.26. The maximum atomic E-state index is 12.2. The summed E-state index contributed by atoms with van der Waals surface area (Å²) in [5.41, 5.74) is 3.86. The summed E-state index contributed by atoms with van der Waals surface area (Å²) in [4.78, 5) is 17.4. The van der Waals surface area contributed by atoms with Gasteiger partial charge in [0.1, 0.15) is 0 Å². The van der Waals surface area contributed by atoms with Gasteiger partial charge in [0, 0.05) is 17.7 Å². The highest BCUT2D eigenvalue weighted by Crippen LogP contribution is 2.37. The summed E-state index contributed by atoms with van der Waals surface area (Å²) in [5, 5.41) is 10.2. The smallest absolute Gasteiger partial charge is 0.163 e. The van der Waals surface area contributed by atoms with Crippen molar-refractivity contribution in [3.05, 3.63) is 23.9 Å². The van der Waals surface area contributed by atoms with Gasteiger partial charge in [0.05, 0.1) is 12.7 Å². The Labute approximate surface area is 115 Å². The Kier molecular flexibility index (Phi) is 5.76. The number of aliphatic hydroxyl groups is 1. The first kappa shape index (κ1) is 15.9. The van der Waals surface area contributed by atoms with Gasteiger partial charge in [-0.05, 0) is 18.3 Å². The molecule has 0 aromatic rings. The molecule has 0 bridgehead atoms. The van der Waals surface area contributed by atoms with E-state index >= 15 is 0 Å². The molecule has 2 N–H and O–H groups in total. The van der Waals surface area contributed by atoms with Crippen molar-refractivity contribution in [1.29, 1.82) is 0 Å². The maximum Gasteiger partial charge on any atom is 0.163 e. The summed E-state index contributed by atoms with van der Waals surface area (Å²) >= 11 is 0. The van der Waals surface area contributed by atoms with Crippen LogP contribution in [0.25, 0.3) is 0 Å². The molecule has 0 heterocycles. The van der Waals surface area contributed by atoms with Crippen molar-refractivity contribution in [2.24, 2.45) is 5.41 Å². The van der Waals surface area contributed by atoms with E-state index in [0.717, 1.165) is 6.42 Å². The van der Waals surface area contributed by atoms with Gasteiger partial charge in [0.2, 0.25) is 0 Å². The number of aliphatic hydroxyl groups excluding tert-OH is 1. The summed E-state index contributed by atoms with van der Waals surface area (Å²) in [6, 6.07) is 0. The van der Waals surface area contributed by atoms with Crippen LogP contribution in [0.1, 0.15) is 46.5 Å². The minimum atomic E-state index is -0.711. The van der Waals surface area contributed by atoms with Crippen LogP contribution in [-0.2, 0) is 9.63 Å². The first-order valence-electron chi connectivity index (χ1n) is 6.84. The largest absolute Gasteiger partial charge is 0.388 e. The quantitative estimate of drug-likeness (QED) is 0.336. The number of allylic oxidation sites excluding steroid dienone is 1. The molecule has 0 amide bonds. The van der Waals surface area contributed by atoms with Gasteiger partial charge in [-0.1, -0.05) is 33.3 Å². The molecule has 4 heteroatoms. The first-order chi connectivity index (χ1) is 8.91. The van der Waals surface area contributed by atoms with Crippen LogP contribution in [0.2, 0.25) is 0 Å². The van der Waals surface area contributed by atoms with Gasteiger partial charge >= 0.3 is 0 Å². The zero-order chi connectivity index (χ0) is 14.5. The lowest BCUT2D eigenvalue weighted by Crippen LogP contribution is -2.37. The molecule has 1 fully saturated rings. The van der Waals surface area contributed by atoms with Gasteiger partial charge in [-0.2, -0.15) is 0 Å². The Morgan fingerprint density at radius 1 is 1.63 bits per heavy atom. The number of ketones is 1. The molecule has 0 aromatic heterocycles. The highest BCUT2D eigenvalue weighted by molar-refractivity contribution is 5.98. The Balaban J connectivity index is 2.92. The molecular formula is C15H25NO3. The molecule has 1 unspecified atom stereocenters. The van der Waals surface area contributed by atoms with E-state index in [-0.39, 0.29) is 11.2 Å². The van der Waals surface area contributed by atoms with E-state index in [0.29, 0.717) is 37.1 Å². The summed E-state index contributed by atoms with van der Waals surface area (Å²) in [5.74, 6) is 0.0157. The van der Waals surface area contributed by atoms with Gasteiger partial charge in [-0.3, -0.25) is 15.1 Å². The predicted molar refractivity (Wildman–Crippen MR) is 75.2 cm³/mol. The lowest BCUT2D eigenvalue weighted by molar-refractivity contribution is -0.121. The van der Waals surface area contributed by atoms with Crippen molar-refractivity contribution in [2.45, 2.75) is 52.6 Å². The van der Waals surface area contributed by atoms with E-state index in [4.69, 9.17) is 4.84 Å².